The molecule has 0 spiro atoms. The van der Waals surface area contributed by atoms with Crippen molar-refractivity contribution in [3.8, 4) is 0 Å². The Bertz CT molecular complexity index is 460. The highest BCUT2D eigenvalue weighted by Gasteiger charge is 2.51. The molecule has 1 aromatic carbocycles. The normalized spacial score (nSPS) is 17.8. The summed E-state index contributed by atoms with van der Waals surface area (Å²) in [6.07, 6.45) is 4.08. The second-order valence-corrected chi connectivity index (χ2v) is 6.55. The lowest BCUT2D eigenvalue weighted by atomic mass is 9.94. The number of hydrogen-bond donors (Lipinski definition) is 2. The summed E-state index contributed by atoms with van der Waals surface area (Å²) in [5.74, 6) is 0.861. The fraction of sp³-hybridized carbons (Fsp3) is 0.588. The van der Waals surface area contributed by atoms with E-state index in [9.17, 15) is 4.79 Å². The minimum absolute atomic E-state index is 0.179. The molecule has 0 aliphatic heterocycles. The molecule has 1 aromatic rings. The van der Waals surface area contributed by atoms with E-state index in [-0.39, 0.29) is 17.4 Å². The molecule has 0 aromatic heterocycles. The molecule has 110 valence electrons. The Morgan fingerprint density at radius 1 is 1.20 bits per heavy atom. The van der Waals surface area contributed by atoms with Crippen LogP contribution in [0, 0.1) is 5.92 Å². The lowest BCUT2D eigenvalue weighted by molar-refractivity contribution is -0.124. The topological polar surface area (TPSA) is 55.1 Å². The first-order valence-corrected chi connectivity index (χ1v) is 7.61. The Morgan fingerprint density at radius 2 is 1.80 bits per heavy atom. The zero-order valence-electron chi connectivity index (χ0n) is 12.8. The van der Waals surface area contributed by atoms with Crippen LogP contribution in [0.25, 0.3) is 0 Å². The van der Waals surface area contributed by atoms with Crippen LogP contribution in [0.2, 0.25) is 0 Å². The number of carbonyl (C=O) groups is 1. The number of amides is 1. The van der Waals surface area contributed by atoms with E-state index in [2.05, 4.69) is 26.1 Å². The second-order valence-electron chi connectivity index (χ2n) is 6.55. The van der Waals surface area contributed by atoms with Crippen molar-refractivity contribution < 1.29 is 4.79 Å². The Morgan fingerprint density at radius 3 is 2.30 bits per heavy atom. The van der Waals surface area contributed by atoms with Gasteiger partial charge >= 0.3 is 0 Å². The molecule has 3 heteroatoms. The fourth-order valence-electron chi connectivity index (χ4n) is 2.59. The van der Waals surface area contributed by atoms with E-state index in [0.29, 0.717) is 5.92 Å². The molecule has 3 N–H and O–H groups in total. The van der Waals surface area contributed by atoms with E-state index in [1.807, 2.05) is 24.3 Å². The van der Waals surface area contributed by atoms with Gasteiger partial charge in [0.15, 0.2) is 0 Å². The molecule has 1 atom stereocenters. The maximum atomic E-state index is 12.5. The maximum Gasteiger partial charge on any atom is 0.230 e. The van der Waals surface area contributed by atoms with Crippen LogP contribution >= 0.6 is 0 Å². The molecule has 1 fully saturated rings. The molecule has 1 saturated carbocycles. The van der Waals surface area contributed by atoms with Crippen LogP contribution in [0.1, 0.15) is 52.0 Å². The van der Waals surface area contributed by atoms with E-state index in [0.717, 1.165) is 36.9 Å². The molecule has 3 nitrogen and oxygen atoms in total. The zero-order valence-corrected chi connectivity index (χ0v) is 12.8. The molecular formula is C17H26N2O. The largest absolute Gasteiger partial charge is 0.399 e. The van der Waals surface area contributed by atoms with Crippen molar-refractivity contribution in [2.75, 3.05) is 5.73 Å². The Kier molecular flexibility index (Phi) is 4.36. The molecule has 0 saturated heterocycles. The highest BCUT2D eigenvalue weighted by atomic mass is 16.2. The number of rotatable bonds is 6. The van der Waals surface area contributed by atoms with Crippen molar-refractivity contribution in [2.24, 2.45) is 5.92 Å². The van der Waals surface area contributed by atoms with Crippen LogP contribution in [0.3, 0.4) is 0 Å². The molecule has 2 rings (SSSR count). The van der Waals surface area contributed by atoms with Gasteiger partial charge in [0, 0.05) is 11.7 Å². The Hall–Kier alpha value is -1.51. The lowest BCUT2D eigenvalue weighted by Gasteiger charge is -2.20. The quantitative estimate of drug-likeness (QED) is 0.782. The predicted molar refractivity (Wildman–Crippen MR) is 83.4 cm³/mol. The average Bonchev–Trinajstić information content (AvgIpc) is 3.18. The molecule has 0 radical (unpaired) electrons. The van der Waals surface area contributed by atoms with Gasteiger partial charge in [-0.3, -0.25) is 4.79 Å². The summed E-state index contributed by atoms with van der Waals surface area (Å²) >= 11 is 0. The van der Waals surface area contributed by atoms with Crippen LogP contribution in [-0.2, 0) is 10.2 Å². The smallest absolute Gasteiger partial charge is 0.230 e. The van der Waals surface area contributed by atoms with E-state index >= 15 is 0 Å². The van der Waals surface area contributed by atoms with Crippen LogP contribution < -0.4 is 11.1 Å². The third-order valence-electron chi connectivity index (χ3n) is 4.20. The third kappa shape index (κ3) is 3.33. The molecule has 1 aliphatic carbocycles. The van der Waals surface area contributed by atoms with Gasteiger partial charge in [0.05, 0.1) is 5.41 Å². The first kappa shape index (κ1) is 14.9. The summed E-state index contributed by atoms with van der Waals surface area (Å²) in [6.45, 7) is 6.52. The van der Waals surface area contributed by atoms with Gasteiger partial charge in [-0.25, -0.2) is 0 Å². The van der Waals surface area contributed by atoms with Gasteiger partial charge in [-0.05, 0) is 56.2 Å². The first-order chi connectivity index (χ1) is 9.44. The van der Waals surface area contributed by atoms with Gasteiger partial charge in [-0.1, -0.05) is 26.0 Å². The molecule has 1 unspecified atom stereocenters. The van der Waals surface area contributed by atoms with E-state index in [4.69, 9.17) is 5.73 Å². The Balaban J connectivity index is 1.96. The zero-order chi connectivity index (χ0) is 14.8. The molecule has 1 amide bonds. The van der Waals surface area contributed by atoms with Crippen molar-refractivity contribution in [3.63, 3.8) is 0 Å². The van der Waals surface area contributed by atoms with E-state index in [1.54, 1.807) is 0 Å². The first-order valence-electron chi connectivity index (χ1n) is 7.61. The third-order valence-corrected chi connectivity index (χ3v) is 4.20. The van der Waals surface area contributed by atoms with Gasteiger partial charge in [0.2, 0.25) is 5.91 Å². The SMILES string of the molecule is CC(C)CCC(C)NC(=O)C1(c2ccc(N)cc2)CC1. The maximum absolute atomic E-state index is 12.5. The minimum atomic E-state index is -0.292. The Labute approximate surface area is 121 Å². The summed E-state index contributed by atoms with van der Waals surface area (Å²) in [5, 5.41) is 3.18. The standard InChI is InChI=1S/C17H26N2O/c1-12(2)4-5-13(3)19-16(20)17(10-11-17)14-6-8-15(18)9-7-14/h6-9,12-13H,4-5,10-11,18H2,1-3H3,(H,19,20). The van der Waals surface area contributed by atoms with Crippen molar-refractivity contribution in [2.45, 2.75) is 57.9 Å². The number of nitrogen functional groups attached to an aromatic ring is 1. The van der Waals surface area contributed by atoms with Crippen LogP contribution in [-0.4, -0.2) is 11.9 Å². The molecule has 0 bridgehead atoms. The highest BCUT2D eigenvalue weighted by Crippen LogP contribution is 2.48. The lowest BCUT2D eigenvalue weighted by Crippen LogP contribution is -2.40. The monoisotopic (exact) mass is 274 g/mol. The van der Waals surface area contributed by atoms with Gasteiger partial charge in [-0.2, -0.15) is 0 Å². The van der Waals surface area contributed by atoms with Crippen LogP contribution in [0.4, 0.5) is 5.69 Å². The predicted octanol–water partition coefficient (Wildman–Crippen LogP) is 3.24. The van der Waals surface area contributed by atoms with Gasteiger partial charge in [0.1, 0.15) is 0 Å². The van der Waals surface area contributed by atoms with E-state index in [1.165, 1.54) is 0 Å². The second kappa shape index (κ2) is 5.86. The number of nitrogens with one attached hydrogen (secondary N) is 1. The summed E-state index contributed by atoms with van der Waals surface area (Å²) in [4.78, 5) is 12.5. The molecule has 20 heavy (non-hydrogen) atoms. The van der Waals surface area contributed by atoms with Crippen molar-refractivity contribution >= 4 is 11.6 Å². The summed E-state index contributed by atoms with van der Waals surface area (Å²) in [5.41, 5.74) is 7.27. The van der Waals surface area contributed by atoms with Gasteiger partial charge in [-0.15, -0.1) is 0 Å². The number of hydrogen-bond acceptors (Lipinski definition) is 2. The van der Waals surface area contributed by atoms with E-state index < -0.39 is 0 Å². The van der Waals surface area contributed by atoms with Crippen molar-refractivity contribution in [1.82, 2.24) is 5.32 Å². The number of anilines is 1. The summed E-state index contributed by atoms with van der Waals surface area (Å²) in [6, 6.07) is 7.98. The highest BCUT2D eigenvalue weighted by molar-refractivity contribution is 5.91. The van der Waals surface area contributed by atoms with Gasteiger partial charge < -0.3 is 11.1 Å². The molecule has 0 heterocycles. The number of benzene rings is 1. The summed E-state index contributed by atoms with van der Waals surface area (Å²) in [7, 11) is 0. The number of nitrogens with two attached hydrogens (primary N) is 1. The molecular weight excluding hydrogens is 248 g/mol. The fourth-order valence-corrected chi connectivity index (χ4v) is 2.59. The van der Waals surface area contributed by atoms with Crippen LogP contribution in [0.5, 0.6) is 0 Å². The minimum Gasteiger partial charge on any atom is -0.399 e. The average molecular weight is 274 g/mol. The summed E-state index contributed by atoms with van der Waals surface area (Å²) < 4.78 is 0. The van der Waals surface area contributed by atoms with Gasteiger partial charge in [0.25, 0.3) is 0 Å². The van der Waals surface area contributed by atoms with Crippen molar-refractivity contribution in [3.05, 3.63) is 29.8 Å². The number of carbonyl (C=O) groups excluding carboxylic acids is 1. The van der Waals surface area contributed by atoms with Crippen molar-refractivity contribution in [1.29, 1.82) is 0 Å². The molecule has 1 aliphatic rings. The van der Waals surface area contributed by atoms with Crippen LogP contribution in [0.15, 0.2) is 24.3 Å².